The highest BCUT2D eigenvalue weighted by atomic mass is 16.5. The maximum atomic E-state index is 6.13. The molecule has 0 saturated carbocycles. The molecule has 1 fully saturated rings. The van der Waals surface area contributed by atoms with Crippen molar-refractivity contribution < 1.29 is 9.47 Å². The van der Waals surface area contributed by atoms with Crippen LogP contribution in [0.4, 0.5) is 0 Å². The van der Waals surface area contributed by atoms with Crippen molar-refractivity contribution in [1.82, 2.24) is 4.90 Å². The molecule has 4 nitrogen and oxygen atoms in total. The van der Waals surface area contributed by atoms with E-state index in [1.54, 1.807) is 7.11 Å². The Balaban J connectivity index is 1.81. The van der Waals surface area contributed by atoms with E-state index in [0.717, 1.165) is 38.6 Å². The smallest absolute Gasteiger partial charge is 0.118 e. The summed E-state index contributed by atoms with van der Waals surface area (Å²) in [7, 11) is 1.67. The molecule has 2 rings (SSSR count). The van der Waals surface area contributed by atoms with Gasteiger partial charge in [-0.15, -0.1) is 0 Å². The summed E-state index contributed by atoms with van der Waals surface area (Å²) >= 11 is 0. The SMILES string of the molecule is COc1ccc(C[C@H](N)CN2CCOC2)cc1. The first-order valence-corrected chi connectivity index (χ1v) is 5.96. The van der Waals surface area contributed by atoms with Crippen LogP contribution in [0.1, 0.15) is 5.56 Å². The molecule has 1 aliphatic heterocycles. The Hall–Kier alpha value is -1.10. The quantitative estimate of drug-likeness (QED) is 0.823. The number of nitrogens with two attached hydrogens (primary N) is 1. The van der Waals surface area contributed by atoms with Gasteiger partial charge >= 0.3 is 0 Å². The molecule has 0 unspecified atom stereocenters. The molecule has 1 aromatic rings. The van der Waals surface area contributed by atoms with Crippen LogP contribution < -0.4 is 10.5 Å². The number of ether oxygens (including phenoxy) is 2. The molecular weight excluding hydrogens is 216 g/mol. The molecule has 0 amide bonds. The maximum Gasteiger partial charge on any atom is 0.118 e. The van der Waals surface area contributed by atoms with Gasteiger partial charge in [0, 0.05) is 19.1 Å². The summed E-state index contributed by atoms with van der Waals surface area (Å²) in [4.78, 5) is 2.24. The third-order valence-corrected chi connectivity index (χ3v) is 2.98. The number of benzene rings is 1. The van der Waals surface area contributed by atoms with Crippen molar-refractivity contribution in [3.05, 3.63) is 29.8 Å². The van der Waals surface area contributed by atoms with Crippen molar-refractivity contribution in [1.29, 1.82) is 0 Å². The van der Waals surface area contributed by atoms with E-state index < -0.39 is 0 Å². The zero-order chi connectivity index (χ0) is 12.1. The number of hydrogen-bond donors (Lipinski definition) is 1. The van der Waals surface area contributed by atoms with Gasteiger partial charge in [-0.05, 0) is 24.1 Å². The maximum absolute atomic E-state index is 6.13. The lowest BCUT2D eigenvalue weighted by atomic mass is 10.1. The van der Waals surface area contributed by atoms with Crippen molar-refractivity contribution in [3.63, 3.8) is 0 Å². The Morgan fingerprint density at radius 3 is 2.76 bits per heavy atom. The van der Waals surface area contributed by atoms with E-state index in [0.29, 0.717) is 0 Å². The van der Waals surface area contributed by atoms with Gasteiger partial charge in [-0.3, -0.25) is 4.90 Å². The van der Waals surface area contributed by atoms with Gasteiger partial charge in [0.2, 0.25) is 0 Å². The predicted octanol–water partition coefficient (Wildman–Crippen LogP) is 0.855. The van der Waals surface area contributed by atoms with Crippen molar-refractivity contribution in [2.45, 2.75) is 12.5 Å². The van der Waals surface area contributed by atoms with Crippen LogP contribution in [0.3, 0.4) is 0 Å². The highest BCUT2D eigenvalue weighted by Crippen LogP contribution is 2.12. The highest BCUT2D eigenvalue weighted by molar-refractivity contribution is 5.27. The standard InChI is InChI=1S/C13H20N2O2/c1-16-13-4-2-11(3-5-13)8-12(14)9-15-6-7-17-10-15/h2-5,12H,6-10,14H2,1H3/t12-/m0/s1. The largest absolute Gasteiger partial charge is 0.497 e. The van der Waals surface area contributed by atoms with E-state index in [4.69, 9.17) is 15.2 Å². The average Bonchev–Trinajstić information content (AvgIpc) is 2.82. The first-order chi connectivity index (χ1) is 8.28. The van der Waals surface area contributed by atoms with E-state index in [1.165, 1.54) is 5.56 Å². The fraction of sp³-hybridized carbons (Fsp3) is 0.538. The molecule has 0 aliphatic carbocycles. The van der Waals surface area contributed by atoms with Gasteiger partial charge in [-0.1, -0.05) is 12.1 Å². The molecule has 0 radical (unpaired) electrons. The molecule has 0 spiro atoms. The van der Waals surface area contributed by atoms with Crippen LogP contribution in [0, 0.1) is 0 Å². The number of hydrogen-bond acceptors (Lipinski definition) is 4. The van der Waals surface area contributed by atoms with Gasteiger partial charge in [0.25, 0.3) is 0 Å². The topological polar surface area (TPSA) is 47.7 Å². The average molecular weight is 236 g/mol. The minimum absolute atomic E-state index is 0.157. The van der Waals surface area contributed by atoms with Gasteiger partial charge in [-0.2, -0.15) is 0 Å². The lowest BCUT2D eigenvalue weighted by Crippen LogP contribution is -2.37. The Kier molecular flexibility index (Phi) is 4.36. The molecular formula is C13H20N2O2. The molecule has 94 valence electrons. The molecule has 1 aliphatic rings. The fourth-order valence-corrected chi connectivity index (χ4v) is 2.06. The van der Waals surface area contributed by atoms with Crippen LogP contribution in [0.15, 0.2) is 24.3 Å². The second-order valence-electron chi connectivity index (χ2n) is 4.43. The third-order valence-electron chi connectivity index (χ3n) is 2.98. The molecule has 1 saturated heterocycles. The van der Waals surface area contributed by atoms with E-state index in [1.807, 2.05) is 12.1 Å². The monoisotopic (exact) mass is 236 g/mol. The zero-order valence-electron chi connectivity index (χ0n) is 10.3. The Morgan fingerprint density at radius 1 is 1.41 bits per heavy atom. The molecule has 1 aromatic carbocycles. The molecule has 2 N–H and O–H groups in total. The summed E-state index contributed by atoms with van der Waals surface area (Å²) in [5.41, 5.74) is 7.38. The van der Waals surface area contributed by atoms with E-state index in [9.17, 15) is 0 Å². The molecule has 17 heavy (non-hydrogen) atoms. The van der Waals surface area contributed by atoms with E-state index >= 15 is 0 Å². The van der Waals surface area contributed by atoms with Crippen LogP contribution in [-0.4, -0.2) is 44.5 Å². The van der Waals surface area contributed by atoms with E-state index in [-0.39, 0.29) is 6.04 Å². The molecule has 1 heterocycles. The third kappa shape index (κ3) is 3.70. The summed E-state index contributed by atoms with van der Waals surface area (Å²) in [5.74, 6) is 0.885. The van der Waals surface area contributed by atoms with E-state index in [2.05, 4.69) is 17.0 Å². The molecule has 1 atom stereocenters. The van der Waals surface area contributed by atoms with Crippen molar-refractivity contribution in [3.8, 4) is 5.75 Å². The van der Waals surface area contributed by atoms with Gasteiger partial charge in [0.1, 0.15) is 5.75 Å². The van der Waals surface area contributed by atoms with Crippen molar-refractivity contribution >= 4 is 0 Å². The van der Waals surface area contributed by atoms with Crippen LogP contribution in [-0.2, 0) is 11.2 Å². The van der Waals surface area contributed by atoms with Gasteiger partial charge in [0.05, 0.1) is 20.4 Å². The first-order valence-electron chi connectivity index (χ1n) is 5.96. The van der Waals surface area contributed by atoms with Gasteiger partial charge in [0.15, 0.2) is 0 Å². The van der Waals surface area contributed by atoms with Crippen LogP contribution >= 0.6 is 0 Å². The predicted molar refractivity (Wildman–Crippen MR) is 67.1 cm³/mol. The zero-order valence-corrected chi connectivity index (χ0v) is 10.3. The molecule has 0 bridgehead atoms. The van der Waals surface area contributed by atoms with Crippen LogP contribution in [0.25, 0.3) is 0 Å². The summed E-state index contributed by atoms with van der Waals surface area (Å²) in [6, 6.07) is 8.24. The van der Waals surface area contributed by atoms with Crippen molar-refractivity contribution in [2.75, 3.05) is 33.5 Å². The van der Waals surface area contributed by atoms with Crippen molar-refractivity contribution in [2.24, 2.45) is 5.73 Å². The molecule has 4 heteroatoms. The minimum Gasteiger partial charge on any atom is -0.497 e. The fourth-order valence-electron chi connectivity index (χ4n) is 2.06. The Bertz CT molecular complexity index is 334. The lowest BCUT2D eigenvalue weighted by molar-refractivity contribution is 0.137. The lowest BCUT2D eigenvalue weighted by Gasteiger charge is -2.18. The van der Waals surface area contributed by atoms with Crippen LogP contribution in [0.2, 0.25) is 0 Å². The number of methoxy groups -OCH3 is 1. The molecule has 0 aromatic heterocycles. The Labute approximate surface area is 102 Å². The van der Waals surface area contributed by atoms with Gasteiger partial charge < -0.3 is 15.2 Å². The minimum atomic E-state index is 0.157. The number of nitrogens with zero attached hydrogens (tertiary/aromatic N) is 1. The number of rotatable bonds is 5. The Morgan fingerprint density at radius 2 is 2.18 bits per heavy atom. The summed E-state index contributed by atoms with van der Waals surface area (Å²) < 4.78 is 10.4. The summed E-state index contributed by atoms with van der Waals surface area (Å²) in [5, 5.41) is 0. The highest BCUT2D eigenvalue weighted by Gasteiger charge is 2.15. The first kappa shape index (κ1) is 12.4. The second kappa shape index (κ2) is 6.00. The van der Waals surface area contributed by atoms with Crippen LogP contribution in [0.5, 0.6) is 5.75 Å². The van der Waals surface area contributed by atoms with Gasteiger partial charge in [-0.25, -0.2) is 0 Å². The summed E-state index contributed by atoms with van der Waals surface area (Å²) in [6.07, 6.45) is 0.889. The normalized spacial score (nSPS) is 18.2. The second-order valence-corrected chi connectivity index (χ2v) is 4.43. The summed E-state index contributed by atoms with van der Waals surface area (Å²) in [6.45, 7) is 3.44.